The van der Waals surface area contributed by atoms with Crippen molar-refractivity contribution in [2.75, 3.05) is 0 Å². The minimum atomic E-state index is -2.75. The Bertz CT molecular complexity index is 1780. The van der Waals surface area contributed by atoms with Gasteiger partial charge >= 0.3 is 7.40 Å². The summed E-state index contributed by atoms with van der Waals surface area (Å²) in [4.78, 5) is 5.06. The number of allylic oxidation sites excluding steroid dienone is 3. The van der Waals surface area contributed by atoms with E-state index in [1.807, 2.05) is 135 Å². The van der Waals surface area contributed by atoms with Gasteiger partial charge < -0.3 is 4.48 Å². The van der Waals surface area contributed by atoms with Crippen molar-refractivity contribution in [3.8, 4) is 0 Å². The third-order valence-electron chi connectivity index (χ3n) is 7.16. The third kappa shape index (κ3) is 6.27. The third-order valence-corrected chi connectivity index (χ3v) is 9.88. The molecule has 4 heterocycles. The lowest BCUT2D eigenvalue weighted by Crippen LogP contribution is -2.25. The second-order valence-electron chi connectivity index (χ2n) is 10.1. The lowest BCUT2D eigenvalue weighted by molar-refractivity contribution is -0.671. The van der Waals surface area contributed by atoms with Crippen molar-refractivity contribution in [1.29, 1.82) is 0 Å². The second-order valence-corrected chi connectivity index (χ2v) is 12.3. The largest absolute Gasteiger partial charge is 0.678 e. The molecule has 0 spiro atoms. The molecule has 1 aliphatic rings. The highest BCUT2D eigenvalue weighted by Gasteiger charge is 2.33. The molecule has 0 unspecified atom stereocenters. The van der Waals surface area contributed by atoms with Crippen LogP contribution < -0.4 is 9.13 Å². The van der Waals surface area contributed by atoms with Crippen LogP contribution >= 0.6 is 45.2 Å². The van der Waals surface area contributed by atoms with Gasteiger partial charge in [0.05, 0.1) is 11.4 Å². The average molecular weight is 784 g/mol. The topological polar surface area (TPSA) is 25.0 Å². The first kappa shape index (κ1) is 30.3. The van der Waals surface area contributed by atoms with Gasteiger partial charge in [-0.15, -0.1) is 0 Å². The van der Waals surface area contributed by atoms with Crippen LogP contribution in [0.25, 0.3) is 23.8 Å². The molecule has 1 aromatic carbocycles. The van der Waals surface area contributed by atoms with E-state index in [0.29, 0.717) is 22.7 Å². The molecule has 1 aliphatic heterocycles. The van der Waals surface area contributed by atoms with Crippen LogP contribution in [0.3, 0.4) is 0 Å². The van der Waals surface area contributed by atoms with Gasteiger partial charge in [-0.1, -0.05) is 42.5 Å². The fourth-order valence-electron chi connectivity index (χ4n) is 4.86. The van der Waals surface area contributed by atoms with Crippen LogP contribution in [0.1, 0.15) is 40.6 Å². The zero-order chi connectivity index (χ0) is 30.0. The van der Waals surface area contributed by atoms with Crippen molar-refractivity contribution >= 4 is 82.1 Å². The minimum absolute atomic E-state index is 0.469. The summed E-state index contributed by atoms with van der Waals surface area (Å²) in [6.45, 7) is 3.93. The summed E-state index contributed by atoms with van der Waals surface area (Å²) in [7, 11) is 1.17. The Balaban J connectivity index is 1.71. The number of pyridine rings is 2. The molecule has 0 fully saturated rings. The van der Waals surface area contributed by atoms with Gasteiger partial charge in [0.2, 0.25) is 0 Å². The quantitative estimate of drug-likeness (QED) is 0.105. The highest BCUT2D eigenvalue weighted by molar-refractivity contribution is 14.1. The van der Waals surface area contributed by atoms with E-state index in [1.54, 1.807) is 6.08 Å². The van der Waals surface area contributed by atoms with Gasteiger partial charge in [0.15, 0.2) is 24.8 Å². The van der Waals surface area contributed by atoms with E-state index < -0.39 is 7.40 Å². The lowest BCUT2D eigenvalue weighted by Gasteiger charge is -2.16. The van der Waals surface area contributed by atoms with Crippen LogP contribution in [0.15, 0.2) is 105 Å². The fraction of sp³-hybridized carbons (Fsp3) is 0.121. The van der Waals surface area contributed by atoms with E-state index in [1.165, 1.54) is 0 Å². The molecule has 0 atom stereocenters. The monoisotopic (exact) mass is 784 g/mol. The fourth-order valence-corrected chi connectivity index (χ4v) is 6.11. The maximum Gasteiger partial charge on any atom is 0.678 e. The number of hydrogen-bond acceptors (Lipinski definition) is 1. The van der Waals surface area contributed by atoms with Crippen LogP contribution in [0.4, 0.5) is 8.63 Å². The molecule has 4 aromatic rings. The molecule has 210 valence electrons. The predicted molar refractivity (Wildman–Crippen MR) is 185 cm³/mol. The number of hydrogen-bond donors (Lipinski definition) is 0. The van der Waals surface area contributed by atoms with Gasteiger partial charge in [0, 0.05) is 48.4 Å². The number of benzene rings is 1. The summed E-state index contributed by atoms with van der Waals surface area (Å²) in [5.41, 5.74) is 7.73. The number of rotatable bonds is 7. The molecule has 5 rings (SSSR count). The van der Waals surface area contributed by atoms with Gasteiger partial charge in [0.1, 0.15) is 14.1 Å². The first-order chi connectivity index (χ1) is 20.2. The Morgan fingerprint density at radius 1 is 0.810 bits per heavy atom. The number of aryl methyl sites for hydroxylation is 2. The van der Waals surface area contributed by atoms with Crippen molar-refractivity contribution in [2.45, 2.75) is 13.8 Å². The second kappa shape index (κ2) is 13.0. The molecule has 42 heavy (non-hydrogen) atoms. The maximum atomic E-state index is 15.0. The summed E-state index contributed by atoms with van der Waals surface area (Å²) in [5.74, 6) is 0. The number of nitrogens with zero attached hydrogens (tertiary/aromatic N) is 4. The summed E-state index contributed by atoms with van der Waals surface area (Å²) < 4.78 is 36.9. The number of aromatic nitrogens is 3. The normalized spacial score (nSPS) is 14.8. The summed E-state index contributed by atoms with van der Waals surface area (Å²) in [6.07, 6.45) is 15.5. The summed E-state index contributed by atoms with van der Waals surface area (Å²) in [5, 5.41) is 0. The first-order valence-corrected chi connectivity index (χ1v) is 15.5. The molecule has 0 saturated carbocycles. The van der Waals surface area contributed by atoms with Crippen molar-refractivity contribution in [3.63, 3.8) is 0 Å². The molecular weight excluding hydrogens is 755 g/mol. The molecule has 3 aromatic heterocycles. The molecule has 0 amide bonds. The maximum absolute atomic E-state index is 15.0. The zero-order valence-corrected chi connectivity index (χ0v) is 28.0. The van der Waals surface area contributed by atoms with Crippen molar-refractivity contribution < 1.29 is 17.8 Å². The number of aliphatic imine (C=N–C) groups is 1. The van der Waals surface area contributed by atoms with Crippen LogP contribution in [-0.2, 0) is 14.1 Å². The molecule has 0 aliphatic carbocycles. The smallest absolute Gasteiger partial charge is 0.324 e. The summed E-state index contributed by atoms with van der Waals surface area (Å²) >= 11 is 4.50. The van der Waals surface area contributed by atoms with Gasteiger partial charge in [0.25, 0.3) is 0 Å². The van der Waals surface area contributed by atoms with E-state index in [4.69, 9.17) is 4.99 Å². The lowest BCUT2D eigenvalue weighted by atomic mass is 9.95. The van der Waals surface area contributed by atoms with Crippen LogP contribution in [0.5, 0.6) is 0 Å². The molecule has 0 saturated heterocycles. The Labute approximate surface area is 273 Å². The number of halogens is 4. The zero-order valence-electron chi connectivity index (χ0n) is 23.7. The van der Waals surface area contributed by atoms with E-state index in [2.05, 4.69) is 45.2 Å². The Morgan fingerprint density at radius 3 is 1.90 bits per heavy atom. The van der Waals surface area contributed by atoms with Gasteiger partial charge in [-0.05, 0) is 99.0 Å². The summed E-state index contributed by atoms with van der Waals surface area (Å²) in [6, 6.07) is 17.7. The van der Waals surface area contributed by atoms with Crippen molar-refractivity contribution in [1.82, 2.24) is 4.48 Å². The molecular formula is C33H29BF2I2N4+2. The SMILES string of the molecule is CC1=C(I)C(/C=C/c2cc[n+](C)cc2)=NC/1=C(/c1ccccc1)c1c(C)c(I)c(/C=C/c2cc[n+](C)cc2)n1B(F)F. The van der Waals surface area contributed by atoms with Crippen molar-refractivity contribution in [2.24, 2.45) is 19.1 Å². The highest BCUT2D eigenvalue weighted by Crippen LogP contribution is 2.42. The average Bonchev–Trinajstić information content (AvgIpc) is 3.40. The highest BCUT2D eigenvalue weighted by atomic mass is 127. The van der Waals surface area contributed by atoms with Gasteiger partial charge in [-0.2, -0.15) is 0 Å². The first-order valence-electron chi connectivity index (χ1n) is 13.4. The molecule has 9 heteroatoms. The van der Waals surface area contributed by atoms with Gasteiger partial charge in [-0.25, -0.2) is 14.1 Å². The van der Waals surface area contributed by atoms with E-state index >= 15 is 8.63 Å². The molecule has 0 radical (unpaired) electrons. The van der Waals surface area contributed by atoms with E-state index in [9.17, 15) is 0 Å². The standard InChI is InChI=1S/C33H29BF2I2N4/c1-22-30(37)27(12-10-24-14-18-40(3)19-15-24)39-32(22)29(26-8-6-5-7-9-26)33-23(2)31(38)28(42(33)34(35)36)13-11-25-16-20-41(4)21-17-25/h5-21H,1-4H3/q+2. The Morgan fingerprint density at radius 2 is 1.36 bits per heavy atom. The Hall–Kier alpha value is -3.19. The predicted octanol–water partition coefficient (Wildman–Crippen LogP) is 7.63. The Kier molecular flexibility index (Phi) is 9.36. The van der Waals surface area contributed by atoms with Crippen LogP contribution in [0, 0.1) is 10.5 Å². The van der Waals surface area contributed by atoms with Gasteiger partial charge in [-0.3, -0.25) is 8.63 Å². The van der Waals surface area contributed by atoms with Crippen molar-refractivity contribution in [3.05, 3.63) is 138 Å². The van der Waals surface area contributed by atoms with E-state index in [-0.39, 0.29) is 0 Å². The molecule has 4 nitrogen and oxygen atoms in total. The minimum Gasteiger partial charge on any atom is -0.324 e. The molecule has 0 N–H and O–H groups in total. The van der Waals surface area contributed by atoms with E-state index in [0.717, 1.165) is 45.2 Å². The van der Waals surface area contributed by atoms with Crippen LogP contribution in [-0.4, -0.2) is 17.6 Å². The molecule has 0 bridgehead atoms. The van der Waals surface area contributed by atoms with Crippen LogP contribution in [0.2, 0.25) is 0 Å².